The Kier molecular flexibility index (Phi) is 4.96. The van der Waals surface area contributed by atoms with Crippen molar-refractivity contribution in [1.29, 1.82) is 0 Å². The lowest BCUT2D eigenvalue weighted by molar-refractivity contribution is -0.134. The van der Waals surface area contributed by atoms with Gasteiger partial charge in [-0.05, 0) is 43.7 Å². The van der Waals surface area contributed by atoms with Crippen molar-refractivity contribution < 1.29 is 22.7 Å². The van der Waals surface area contributed by atoms with Gasteiger partial charge in [-0.15, -0.1) is 11.3 Å². The Balaban J connectivity index is 1.54. The number of aryl methyl sites for hydroxylation is 2. The molecule has 1 aliphatic heterocycles. The van der Waals surface area contributed by atoms with Crippen LogP contribution in [-0.4, -0.2) is 56.4 Å². The second-order valence-corrected chi connectivity index (χ2v) is 9.77. The molecule has 0 aromatic carbocycles. The minimum Gasteiger partial charge on any atom is -0.451 e. The Bertz CT molecular complexity index is 729. The van der Waals surface area contributed by atoms with Gasteiger partial charge in [-0.3, -0.25) is 4.79 Å². The maximum Gasteiger partial charge on any atom is 0.348 e. The van der Waals surface area contributed by atoms with Crippen LogP contribution < -0.4 is 0 Å². The standard InChI is InChI=1S/C16H21NO5S2/c1-17(12-6-7-24(20,21)10-12)15(18)9-22-16(19)14-8-11-4-2-3-5-13(11)23-14/h8,12H,2-7,9-10H2,1H3/t12-/m0/s1. The number of hydrogen-bond donors (Lipinski definition) is 0. The molecule has 8 heteroatoms. The number of sulfone groups is 1. The summed E-state index contributed by atoms with van der Waals surface area (Å²) in [5.41, 5.74) is 1.22. The number of nitrogens with zero attached hydrogens (tertiary/aromatic N) is 1. The average Bonchev–Trinajstić information content (AvgIpc) is 3.14. The molecule has 1 fully saturated rings. The first-order valence-electron chi connectivity index (χ1n) is 8.10. The largest absolute Gasteiger partial charge is 0.451 e. The highest BCUT2D eigenvalue weighted by Gasteiger charge is 2.33. The molecule has 132 valence electrons. The van der Waals surface area contributed by atoms with Crippen LogP contribution in [0.5, 0.6) is 0 Å². The molecule has 0 radical (unpaired) electrons. The molecule has 0 spiro atoms. The van der Waals surface area contributed by atoms with Gasteiger partial charge in [0.1, 0.15) is 4.88 Å². The number of esters is 1. The third-order valence-corrected chi connectivity index (χ3v) is 7.64. The maximum atomic E-state index is 12.1. The topological polar surface area (TPSA) is 80.8 Å². The molecule has 3 rings (SSSR count). The van der Waals surface area contributed by atoms with Crippen LogP contribution in [-0.2, 0) is 32.2 Å². The first kappa shape index (κ1) is 17.4. The van der Waals surface area contributed by atoms with E-state index in [9.17, 15) is 18.0 Å². The second-order valence-electron chi connectivity index (χ2n) is 6.40. The summed E-state index contributed by atoms with van der Waals surface area (Å²) in [5, 5.41) is 0. The van der Waals surface area contributed by atoms with Crippen molar-refractivity contribution in [1.82, 2.24) is 4.90 Å². The summed E-state index contributed by atoms with van der Waals surface area (Å²) < 4.78 is 28.1. The predicted molar refractivity (Wildman–Crippen MR) is 91.1 cm³/mol. The van der Waals surface area contributed by atoms with Crippen LogP contribution >= 0.6 is 11.3 Å². The lowest BCUT2D eigenvalue weighted by Gasteiger charge is -2.23. The van der Waals surface area contributed by atoms with Gasteiger partial charge in [-0.2, -0.15) is 0 Å². The summed E-state index contributed by atoms with van der Waals surface area (Å²) in [6.45, 7) is -0.353. The van der Waals surface area contributed by atoms with Crippen LogP contribution in [0.2, 0.25) is 0 Å². The molecule has 24 heavy (non-hydrogen) atoms. The summed E-state index contributed by atoms with van der Waals surface area (Å²) in [6.07, 6.45) is 4.74. The first-order chi connectivity index (χ1) is 11.4. The van der Waals surface area contributed by atoms with Crippen LogP contribution in [0.15, 0.2) is 6.07 Å². The highest BCUT2D eigenvalue weighted by Crippen LogP contribution is 2.30. The number of ether oxygens (including phenoxy) is 1. The molecule has 2 heterocycles. The normalized spacial score (nSPS) is 22.0. The van der Waals surface area contributed by atoms with Crippen LogP contribution in [0, 0.1) is 0 Å². The van der Waals surface area contributed by atoms with Crippen molar-refractivity contribution in [2.75, 3.05) is 25.2 Å². The van der Waals surface area contributed by atoms with Crippen molar-refractivity contribution in [2.45, 2.75) is 38.1 Å². The minimum atomic E-state index is -3.05. The van der Waals surface area contributed by atoms with Gasteiger partial charge < -0.3 is 9.64 Å². The number of rotatable bonds is 4. The van der Waals surface area contributed by atoms with E-state index in [4.69, 9.17) is 4.74 Å². The number of amides is 1. The smallest absolute Gasteiger partial charge is 0.348 e. The molecule has 0 N–H and O–H groups in total. The number of carbonyl (C=O) groups is 2. The van der Waals surface area contributed by atoms with Crippen LogP contribution in [0.25, 0.3) is 0 Å². The van der Waals surface area contributed by atoms with Gasteiger partial charge in [0, 0.05) is 18.0 Å². The molecule has 1 aromatic heterocycles. The van der Waals surface area contributed by atoms with Gasteiger partial charge in [0.2, 0.25) is 0 Å². The summed E-state index contributed by atoms with van der Waals surface area (Å²) in [4.78, 5) is 27.4. The van der Waals surface area contributed by atoms with E-state index in [1.54, 1.807) is 7.05 Å². The maximum absolute atomic E-state index is 12.1. The van der Waals surface area contributed by atoms with Crippen LogP contribution in [0.1, 0.15) is 39.4 Å². The Hall–Kier alpha value is -1.41. The Morgan fingerprint density at radius 2 is 2.08 bits per heavy atom. The SMILES string of the molecule is CN(C(=O)COC(=O)c1cc2c(s1)CCCC2)[C@H]1CCS(=O)(=O)C1. The molecule has 1 amide bonds. The number of hydrogen-bond acceptors (Lipinski definition) is 6. The summed E-state index contributed by atoms with van der Waals surface area (Å²) in [7, 11) is -1.49. The molecule has 6 nitrogen and oxygen atoms in total. The van der Waals surface area contributed by atoms with Gasteiger partial charge in [0.05, 0.1) is 11.5 Å². The minimum absolute atomic E-state index is 0.0131. The van der Waals surface area contributed by atoms with Crippen molar-refractivity contribution in [2.24, 2.45) is 0 Å². The summed E-state index contributed by atoms with van der Waals surface area (Å²) >= 11 is 1.45. The third-order valence-electron chi connectivity index (χ3n) is 4.67. The van der Waals surface area contributed by atoms with E-state index in [0.29, 0.717) is 11.3 Å². The molecule has 0 unspecified atom stereocenters. The molecule has 1 atom stereocenters. The van der Waals surface area contributed by atoms with E-state index in [2.05, 4.69) is 0 Å². The molecule has 0 bridgehead atoms. The van der Waals surface area contributed by atoms with Gasteiger partial charge >= 0.3 is 5.97 Å². The van der Waals surface area contributed by atoms with E-state index >= 15 is 0 Å². The number of thiophene rings is 1. The Morgan fingerprint density at radius 3 is 2.75 bits per heavy atom. The zero-order valence-corrected chi connectivity index (χ0v) is 15.2. The summed E-state index contributed by atoms with van der Waals surface area (Å²) in [6, 6.07) is 1.55. The average molecular weight is 371 g/mol. The van der Waals surface area contributed by atoms with Gasteiger partial charge in [-0.25, -0.2) is 13.2 Å². The van der Waals surface area contributed by atoms with E-state index < -0.39 is 15.8 Å². The van der Waals surface area contributed by atoms with Crippen molar-refractivity contribution in [3.8, 4) is 0 Å². The fraction of sp³-hybridized carbons (Fsp3) is 0.625. The highest BCUT2D eigenvalue weighted by atomic mass is 32.2. The molecule has 1 aromatic rings. The summed E-state index contributed by atoms with van der Waals surface area (Å²) in [5.74, 6) is -0.752. The fourth-order valence-corrected chi connectivity index (χ4v) is 6.10. The lowest BCUT2D eigenvalue weighted by atomic mass is 9.99. The third kappa shape index (κ3) is 3.80. The first-order valence-corrected chi connectivity index (χ1v) is 10.7. The van der Waals surface area contributed by atoms with Gasteiger partial charge in [0.15, 0.2) is 16.4 Å². The fourth-order valence-electron chi connectivity index (χ4n) is 3.18. The zero-order valence-electron chi connectivity index (χ0n) is 13.6. The van der Waals surface area contributed by atoms with E-state index in [0.717, 1.165) is 25.7 Å². The van der Waals surface area contributed by atoms with Crippen LogP contribution in [0.3, 0.4) is 0 Å². The van der Waals surface area contributed by atoms with E-state index in [1.807, 2.05) is 6.07 Å². The molecule has 2 aliphatic rings. The highest BCUT2D eigenvalue weighted by molar-refractivity contribution is 7.91. The quantitative estimate of drug-likeness (QED) is 0.748. The number of likely N-dealkylation sites (N-methyl/N-ethyl adjacent to an activating group) is 1. The molecule has 1 aliphatic carbocycles. The van der Waals surface area contributed by atoms with E-state index in [1.165, 1.54) is 26.7 Å². The second kappa shape index (κ2) is 6.84. The van der Waals surface area contributed by atoms with Crippen molar-refractivity contribution in [3.63, 3.8) is 0 Å². The number of carbonyl (C=O) groups excluding carboxylic acids is 2. The van der Waals surface area contributed by atoms with Crippen molar-refractivity contribution in [3.05, 3.63) is 21.4 Å². The Morgan fingerprint density at radius 1 is 1.33 bits per heavy atom. The Labute approximate surface area is 145 Å². The predicted octanol–water partition coefficient (Wildman–Crippen LogP) is 1.43. The number of fused-ring (bicyclic) bond motifs is 1. The van der Waals surface area contributed by atoms with Gasteiger partial charge in [-0.1, -0.05) is 0 Å². The van der Waals surface area contributed by atoms with Gasteiger partial charge in [0.25, 0.3) is 5.91 Å². The monoisotopic (exact) mass is 371 g/mol. The molecule has 1 saturated heterocycles. The lowest BCUT2D eigenvalue weighted by Crippen LogP contribution is -2.40. The van der Waals surface area contributed by atoms with Crippen molar-refractivity contribution >= 4 is 33.1 Å². The molecular weight excluding hydrogens is 350 g/mol. The van der Waals surface area contributed by atoms with Crippen LogP contribution in [0.4, 0.5) is 0 Å². The molecule has 0 saturated carbocycles. The molecular formula is C16H21NO5S2. The zero-order chi connectivity index (χ0) is 17.3. The van der Waals surface area contributed by atoms with E-state index in [-0.39, 0.29) is 30.1 Å².